The number of hydrogen-bond donors (Lipinski definition) is 0. The van der Waals surface area contributed by atoms with Crippen LogP contribution in [0.3, 0.4) is 0 Å². The summed E-state index contributed by atoms with van der Waals surface area (Å²) in [6.45, 7) is 3.79. The summed E-state index contributed by atoms with van der Waals surface area (Å²) in [7, 11) is 1.34. The Hall–Kier alpha value is -1.22. The molecule has 0 aliphatic rings. The zero-order valence-corrected chi connectivity index (χ0v) is 10.4. The third-order valence-electron chi connectivity index (χ3n) is 2.19. The second-order valence-corrected chi connectivity index (χ2v) is 3.88. The van der Waals surface area contributed by atoms with Crippen molar-refractivity contribution in [2.24, 2.45) is 0 Å². The maximum atomic E-state index is 11.4. The molecule has 0 aliphatic heterocycles. The largest absolute Gasteiger partial charge is 0.477 e. The molecule has 1 atom stereocenters. The van der Waals surface area contributed by atoms with Gasteiger partial charge >= 0.3 is 5.97 Å². The summed E-state index contributed by atoms with van der Waals surface area (Å²) in [6.07, 6.45) is -0.0685. The summed E-state index contributed by atoms with van der Waals surface area (Å²) in [5.41, 5.74) is 1.03. The minimum Gasteiger partial charge on any atom is -0.477 e. The van der Waals surface area contributed by atoms with Crippen LogP contribution in [0, 0.1) is 6.92 Å². The maximum absolute atomic E-state index is 11.4. The van der Waals surface area contributed by atoms with Gasteiger partial charge in [-0.2, -0.15) is 0 Å². The molecule has 0 saturated heterocycles. The summed E-state index contributed by atoms with van der Waals surface area (Å²) in [5.74, 6) is 0.124. The second-order valence-electron chi connectivity index (χ2n) is 3.47. The van der Waals surface area contributed by atoms with Gasteiger partial charge in [-0.1, -0.05) is 24.6 Å². The maximum Gasteiger partial charge on any atom is 0.347 e. The highest BCUT2D eigenvalue weighted by Crippen LogP contribution is 2.26. The number of carbonyl (C=O) groups excluding carboxylic acids is 1. The van der Waals surface area contributed by atoms with Crippen LogP contribution in [0.2, 0.25) is 5.02 Å². The first-order chi connectivity index (χ1) is 7.58. The molecular weight excluding hydrogens is 228 g/mol. The minimum atomic E-state index is -0.607. The summed E-state index contributed by atoms with van der Waals surface area (Å²) < 4.78 is 10.2. The molecule has 1 unspecified atom stereocenters. The van der Waals surface area contributed by atoms with Crippen LogP contribution >= 0.6 is 11.6 Å². The lowest BCUT2D eigenvalue weighted by molar-refractivity contribution is -0.148. The van der Waals surface area contributed by atoms with Gasteiger partial charge in [0.2, 0.25) is 0 Å². The fourth-order valence-corrected chi connectivity index (χ4v) is 1.45. The van der Waals surface area contributed by atoms with E-state index in [9.17, 15) is 4.79 Å². The molecule has 0 spiro atoms. The number of carbonyl (C=O) groups is 1. The van der Waals surface area contributed by atoms with Crippen molar-refractivity contribution < 1.29 is 14.3 Å². The van der Waals surface area contributed by atoms with Gasteiger partial charge in [0, 0.05) is 0 Å². The molecule has 0 fully saturated rings. The number of rotatable bonds is 4. The van der Waals surface area contributed by atoms with E-state index in [0.29, 0.717) is 17.2 Å². The molecule has 0 aliphatic carbocycles. The Morgan fingerprint density at radius 3 is 2.75 bits per heavy atom. The number of halogens is 1. The molecule has 3 nitrogen and oxygen atoms in total. The van der Waals surface area contributed by atoms with Gasteiger partial charge < -0.3 is 9.47 Å². The van der Waals surface area contributed by atoms with E-state index in [-0.39, 0.29) is 5.97 Å². The molecule has 0 bridgehead atoms. The number of hydrogen-bond acceptors (Lipinski definition) is 3. The summed E-state index contributed by atoms with van der Waals surface area (Å²) in [6, 6.07) is 5.43. The SMILES string of the molecule is CCC(Oc1cc(C)ccc1Cl)C(=O)OC. The quantitative estimate of drug-likeness (QED) is 0.762. The third kappa shape index (κ3) is 3.14. The lowest BCUT2D eigenvalue weighted by Gasteiger charge is -2.16. The van der Waals surface area contributed by atoms with Crippen LogP contribution in [0.1, 0.15) is 18.9 Å². The first kappa shape index (κ1) is 12.8. The smallest absolute Gasteiger partial charge is 0.347 e. The van der Waals surface area contributed by atoms with Crippen molar-refractivity contribution in [3.8, 4) is 5.75 Å². The molecule has 0 amide bonds. The summed E-state index contributed by atoms with van der Waals surface area (Å²) >= 11 is 5.97. The monoisotopic (exact) mass is 242 g/mol. The van der Waals surface area contributed by atoms with E-state index >= 15 is 0 Å². The van der Waals surface area contributed by atoms with Crippen LogP contribution in [0.25, 0.3) is 0 Å². The molecule has 0 N–H and O–H groups in total. The molecule has 0 saturated carbocycles. The summed E-state index contributed by atoms with van der Waals surface area (Å²) in [5, 5.41) is 0.493. The molecule has 1 rings (SSSR count). The Morgan fingerprint density at radius 1 is 1.50 bits per heavy atom. The predicted molar refractivity (Wildman–Crippen MR) is 62.9 cm³/mol. The van der Waals surface area contributed by atoms with Crippen LogP contribution in [-0.4, -0.2) is 19.2 Å². The molecule has 1 aromatic rings. The van der Waals surface area contributed by atoms with Gasteiger partial charge in [0.05, 0.1) is 12.1 Å². The number of ether oxygens (including phenoxy) is 2. The first-order valence-corrected chi connectivity index (χ1v) is 5.47. The lowest BCUT2D eigenvalue weighted by Crippen LogP contribution is -2.27. The van der Waals surface area contributed by atoms with Crippen molar-refractivity contribution in [3.63, 3.8) is 0 Å². The van der Waals surface area contributed by atoms with Crippen LogP contribution in [0.15, 0.2) is 18.2 Å². The van der Waals surface area contributed by atoms with Crippen molar-refractivity contribution in [2.75, 3.05) is 7.11 Å². The van der Waals surface area contributed by atoms with E-state index in [4.69, 9.17) is 16.3 Å². The van der Waals surface area contributed by atoms with Gasteiger partial charge in [-0.25, -0.2) is 4.79 Å². The van der Waals surface area contributed by atoms with Crippen LogP contribution in [0.5, 0.6) is 5.75 Å². The van der Waals surface area contributed by atoms with E-state index in [0.717, 1.165) is 5.56 Å². The number of aryl methyl sites for hydroxylation is 1. The standard InChI is InChI=1S/C12H15ClO3/c1-4-10(12(14)15-3)16-11-7-8(2)5-6-9(11)13/h5-7,10H,4H2,1-3H3. The lowest BCUT2D eigenvalue weighted by atomic mass is 10.2. The Kier molecular flexibility index (Phi) is 4.62. The van der Waals surface area contributed by atoms with Gasteiger partial charge in [-0.05, 0) is 31.0 Å². The second kappa shape index (κ2) is 5.75. The fraction of sp³-hybridized carbons (Fsp3) is 0.417. The topological polar surface area (TPSA) is 35.5 Å². The van der Waals surface area contributed by atoms with Gasteiger partial charge in [0.1, 0.15) is 5.75 Å². The van der Waals surface area contributed by atoms with Crippen molar-refractivity contribution in [3.05, 3.63) is 28.8 Å². The number of esters is 1. The van der Waals surface area contributed by atoms with Crippen LogP contribution in [-0.2, 0) is 9.53 Å². The molecule has 0 aromatic heterocycles. The molecule has 1 aromatic carbocycles. The summed E-state index contributed by atoms with van der Waals surface area (Å²) in [4.78, 5) is 11.4. The van der Waals surface area contributed by atoms with Gasteiger partial charge in [0.15, 0.2) is 6.10 Å². The fourth-order valence-electron chi connectivity index (χ4n) is 1.28. The Labute approximate surface area is 100 Å². The van der Waals surface area contributed by atoms with Gasteiger partial charge in [0.25, 0.3) is 0 Å². The number of methoxy groups -OCH3 is 1. The van der Waals surface area contributed by atoms with Crippen molar-refractivity contribution in [2.45, 2.75) is 26.4 Å². The average Bonchev–Trinajstić information content (AvgIpc) is 2.29. The van der Waals surface area contributed by atoms with Crippen molar-refractivity contribution in [1.82, 2.24) is 0 Å². The molecule has 0 heterocycles. The van der Waals surface area contributed by atoms with E-state index in [1.54, 1.807) is 12.1 Å². The zero-order valence-electron chi connectivity index (χ0n) is 9.62. The van der Waals surface area contributed by atoms with Crippen LogP contribution in [0.4, 0.5) is 0 Å². The molecule has 0 radical (unpaired) electrons. The van der Waals surface area contributed by atoms with Gasteiger partial charge in [-0.15, -0.1) is 0 Å². The highest BCUT2D eigenvalue weighted by molar-refractivity contribution is 6.32. The van der Waals surface area contributed by atoms with Crippen LogP contribution < -0.4 is 4.74 Å². The Morgan fingerprint density at radius 2 is 2.19 bits per heavy atom. The van der Waals surface area contributed by atoms with Gasteiger partial charge in [-0.3, -0.25) is 0 Å². The van der Waals surface area contributed by atoms with Crippen molar-refractivity contribution in [1.29, 1.82) is 0 Å². The predicted octanol–water partition coefficient (Wildman–Crippen LogP) is 2.98. The molecule has 88 valence electrons. The first-order valence-electron chi connectivity index (χ1n) is 5.09. The van der Waals surface area contributed by atoms with E-state index in [2.05, 4.69) is 4.74 Å². The minimum absolute atomic E-state index is 0.389. The molecular formula is C12H15ClO3. The molecule has 4 heteroatoms. The average molecular weight is 243 g/mol. The zero-order chi connectivity index (χ0) is 12.1. The highest BCUT2D eigenvalue weighted by atomic mass is 35.5. The normalized spacial score (nSPS) is 12.0. The van der Waals surface area contributed by atoms with E-state index < -0.39 is 6.10 Å². The Bertz CT molecular complexity index is 377. The Balaban J connectivity index is 2.85. The van der Waals surface area contributed by atoms with E-state index in [1.807, 2.05) is 19.9 Å². The van der Waals surface area contributed by atoms with E-state index in [1.165, 1.54) is 7.11 Å². The third-order valence-corrected chi connectivity index (χ3v) is 2.50. The van der Waals surface area contributed by atoms with Crippen molar-refractivity contribution >= 4 is 17.6 Å². The number of benzene rings is 1. The highest BCUT2D eigenvalue weighted by Gasteiger charge is 2.19. The molecule has 16 heavy (non-hydrogen) atoms.